The van der Waals surface area contributed by atoms with Crippen LogP contribution in [0.4, 0.5) is 0 Å². The summed E-state index contributed by atoms with van der Waals surface area (Å²) in [7, 11) is 0. The Balaban J connectivity index is 3.33. The molecule has 0 aromatic heterocycles. The summed E-state index contributed by atoms with van der Waals surface area (Å²) in [5, 5.41) is 0. The highest BCUT2D eigenvalue weighted by atomic mass is 14.6. The van der Waals surface area contributed by atoms with Crippen LogP contribution < -0.4 is 0 Å². The molecule has 1 aromatic rings. The third-order valence-corrected chi connectivity index (χ3v) is 3.31. The first-order valence-electron chi connectivity index (χ1n) is 6.93. The van der Waals surface area contributed by atoms with Crippen molar-refractivity contribution >= 4 is 12.3 Å². The van der Waals surface area contributed by atoms with Crippen LogP contribution in [-0.2, 0) is 0 Å². The Labute approximate surface area is 117 Å². The van der Waals surface area contributed by atoms with E-state index in [0.717, 1.165) is 0 Å². The summed E-state index contributed by atoms with van der Waals surface area (Å²) < 4.78 is 0. The Kier molecular flexibility index (Phi) is 5.75. The van der Waals surface area contributed by atoms with E-state index in [1.54, 1.807) is 6.20 Å². The summed E-state index contributed by atoms with van der Waals surface area (Å²) in [5.74, 6) is 1.08. The maximum atomic E-state index is 3.79. The Hall–Kier alpha value is -1.63. The minimum atomic E-state index is 0.539. The third kappa shape index (κ3) is 4.20. The van der Waals surface area contributed by atoms with Gasteiger partial charge in [-0.05, 0) is 53.8 Å². The van der Waals surface area contributed by atoms with Gasteiger partial charge in [0.1, 0.15) is 0 Å². The largest absolute Gasteiger partial charge is 0.272 e. The predicted octanol–water partition coefficient (Wildman–Crippen LogP) is 5.55. The number of hydrogen-bond acceptors (Lipinski definition) is 1. The highest BCUT2D eigenvalue weighted by Gasteiger charge is 2.08. The fourth-order valence-corrected chi connectivity index (χ4v) is 2.00. The van der Waals surface area contributed by atoms with Crippen LogP contribution in [0.2, 0.25) is 0 Å². The topological polar surface area (TPSA) is 12.4 Å². The Morgan fingerprint density at radius 3 is 1.95 bits per heavy atom. The van der Waals surface area contributed by atoms with Crippen LogP contribution in [0.25, 0.3) is 5.57 Å². The van der Waals surface area contributed by atoms with Crippen LogP contribution in [0.1, 0.15) is 63.1 Å². The lowest BCUT2D eigenvalue weighted by Crippen LogP contribution is -1.96. The predicted molar refractivity (Wildman–Crippen MR) is 87.0 cm³/mol. The summed E-state index contributed by atoms with van der Waals surface area (Å²) in [4.78, 5) is 3.79. The Morgan fingerprint density at radius 1 is 1.05 bits per heavy atom. The van der Waals surface area contributed by atoms with E-state index in [1.165, 1.54) is 22.3 Å². The highest BCUT2D eigenvalue weighted by molar-refractivity contribution is 5.74. The van der Waals surface area contributed by atoms with Crippen molar-refractivity contribution in [1.29, 1.82) is 0 Å². The molecule has 0 atom stereocenters. The van der Waals surface area contributed by atoms with Crippen molar-refractivity contribution in [3.05, 3.63) is 53.2 Å². The molecule has 1 aromatic carbocycles. The van der Waals surface area contributed by atoms with Crippen LogP contribution >= 0.6 is 0 Å². The Morgan fingerprint density at radius 2 is 1.58 bits per heavy atom. The minimum absolute atomic E-state index is 0.539. The van der Waals surface area contributed by atoms with E-state index in [4.69, 9.17) is 0 Å². The molecule has 0 spiro atoms. The van der Waals surface area contributed by atoms with Crippen molar-refractivity contribution in [2.45, 2.75) is 46.5 Å². The van der Waals surface area contributed by atoms with E-state index in [1.807, 2.05) is 6.08 Å². The molecule has 102 valence electrons. The fraction of sp³-hybridized carbons (Fsp3) is 0.389. The van der Waals surface area contributed by atoms with Crippen molar-refractivity contribution in [2.24, 2.45) is 4.99 Å². The zero-order valence-electron chi connectivity index (χ0n) is 12.8. The van der Waals surface area contributed by atoms with Gasteiger partial charge in [-0.3, -0.25) is 4.99 Å². The van der Waals surface area contributed by atoms with Crippen LogP contribution in [-0.4, -0.2) is 6.72 Å². The number of rotatable bonds is 5. The summed E-state index contributed by atoms with van der Waals surface area (Å²) in [6.45, 7) is 14.5. The molecule has 0 aliphatic rings. The van der Waals surface area contributed by atoms with Gasteiger partial charge in [-0.25, -0.2) is 0 Å². The maximum absolute atomic E-state index is 3.79. The highest BCUT2D eigenvalue weighted by Crippen LogP contribution is 2.27. The second kappa shape index (κ2) is 7.08. The van der Waals surface area contributed by atoms with E-state index < -0.39 is 0 Å². The molecule has 0 heterocycles. The molecular weight excluding hydrogens is 230 g/mol. The average Bonchev–Trinajstić information content (AvgIpc) is 2.39. The van der Waals surface area contributed by atoms with Gasteiger partial charge in [0.2, 0.25) is 0 Å². The molecule has 0 amide bonds. The molecule has 1 heteroatoms. The fourth-order valence-electron chi connectivity index (χ4n) is 2.00. The molecule has 0 bridgehead atoms. The molecule has 0 radical (unpaired) electrons. The SMILES string of the molecule is C=N/C=C\C(=C/C)c1cc(C(C)C)cc(C(C)C)c1. The zero-order valence-corrected chi connectivity index (χ0v) is 12.8. The zero-order chi connectivity index (χ0) is 14.4. The lowest BCUT2D eigenvalue weighted by atomic mass is 9.91. The number of allylic oxidation sites excluding steroid dienone is 3. The molecule has 0 N–H and O–H groups in total. The number of benzene rings is 1. The van der Waals surface area contributed by atoms with Gasteiger partial charge in [-0.2, -0.15) is 0 Å². The Bertz CT molecular complexity index is 464. The molecule has 1 nitrogen and oxygen atoms in total. The van der Waals surface area contributed by atoms with Gasteiger partial charge in [0, 0.05) is 6.20 Å². The number of hydrogen-bond donors (Lipinski definition) is 0. The molecule has 0 aliphatic carbocycles. The first kappa shape index (κ1) is 15.4. The van der Waals surface area contributed by atoms with Gasteiger partial charge >= 0.3 is 0 Å². The van der Waals surface area contributed by atoms with Crippen LogP contribution in [0.3, 0.4) is 0 Å². The summed E-state index contributed by atoms with van der Waals surface area (Å²) in [5.41, 5.74) is 5.23. The van der Waals surface area contributed by atoms with Crippen LogP contribution in [0, 0.1) is 0 Å². The molecular formula is C18H25N. The summed E-state index contributed by atoms with van der Waals surface area (Å²) >= 11 is 0. The first-order valence-corrected chi connectivity index (χ1v) is 6.93. The van der Waals surface area contributed by atoms with Crippen molar-refractivity contribution < 1.29 is 0 Å². The van der Waals surface area contributed by atoms with Gasteiger partial charge < -0.3 is 0 Å². The smallest absolute Gasteiger partial charge is 0.0266 e. The van der Waals surface area contributed by atoms with Gasteiger partial charge in [0.05, 0.1) is 0 Å². The monoisotopic (exact) mass is 255 g/mol. The second-order valence-corrected chi connectivity index (χ2v) is 5.44. The first-order chi connectivity index (χ1) is 8.99. The van der Waals surface area contributed by atoms with E-state index in [2.05, 4.69) is 70.6 Å². The van der Waals surface area contributed by atoms with Gasteiger partial charge in [0.15, 0.2) is 0 Å². The van der Waals surface area contributed by atoms with Crippen molar-refractivity contribution in [2.75, 3.05) is 0 Å². The van der Waals surface area contributed by atoms with Crippen LogP contribution in [0.5, 0.6) is 0 Å². The van der Waals surface area contributed by atoms with Crippen molar-refractivity contribution in [1.82, 2.24) is 0 Å². The van der Waals surface area contributed by atoms with Crippen LogP contribution in [0.15, 0.2) is 41.5 Å². The molecule has 1 rings (SSSR count). The molecule has 0 saturated carbocycles. The third-order valence-electron chi connectivity index (χ3n) is 3.31. The lowest BCUT2D eigenvalue weighted by molar-refractivity contribution is 0.833. The van der Waals surface area contributed by atoms with E-state index in [0.29, 0.717) is 11.8 Å². The van der Waals surface area contributed by atoms with Crippen molar-refractivity contribution in [3.63, 3.8) is 0 Å². The van der Waals surface area contributed by atoms with Crippen molar-refractivity contribution in [3.8, 4) is 0 Å². The van der Waals surface area contributed by atoms with E-state index >= 15 is 0 Å². The minimum Gasteiger partial charge on any atom is -0.272 e. The molecule has 0 aliphatic heterocycles. The molecule has 19 heavy (non-hydrogen) atoms. The molecule has 0 saturated heterocycles. The second-order valence-electron chi connectivity index (χ2n) is 5.44. The standard InChI is InChI=1S/C18H25N/c1-7-15(8-9-19-6)18-11-16(13(2)3)10-17(12-18)14(4)5/h7-14H,6H2,1-5H3/b9-8-,15-7+. The quantitative estimate of drug-likeness (QED) is 0.483. The van der Waals surface area contributed by atoms with Gasteiger partial charge in [-0.1, -0.05) is 52.0 Å². The summed E-state index contributed by atoms with van der Waals surface area (Å²) in [6, 6.07) is 6.88. The number of nitrogens with zero attached hydrogens (tertiary/aromatic N) is 1. The summed E-state index contributed by atoms with van der Waals surface area (Å²) in [6.07, 6.45) is 5.87. The average molecular weight is 255 g/mol. The lowest BCUT2D eigenvalue weighted by Gasteiger charge is -2.15. The number of aliphatic imine (C=N–C) groups is 1. The van der Waals surface area contributed by atoms with Gasteiger partial charge in [-0.15, -0.1) is 0 Å². The van der Waals surface area contributed by atoms with Gasteiger partial charge in [0.25, 0.3) is 0 Å². The molecule has 0 fully saturated rings. The van der Waals surface area contributed by atoms with E-state index in [9.17, 15) is 0 Å². The normalized spacial score (nSPS) is 12.7. The molecule has 0 unspecified atom stereocenters. The van der Waals surface area contributed by atoms with E-state index in [-0.39, 0.29) is 0 Å². The maximum Gasteiger partial charge on any atom is 0.0266 e.